The van der Waals surface area contributed by atoms with Crippen molar-refractivity contribution in [3.05, 3.63) is 83.7 Å². The van der Waals surface area contributed by atoms with Crippen LogP contribution in [0.15, 0.2) is 88.2 Å². The summed E-state index contributed by atoms with van der Waals surface area (Å²) in [6.07, 6.45) is 5.71. The van der Waals surface area contributed by atoms with E-state index in [9.17, 15) is 9.59 Å². The lowest BCUT2D eigenvalue weighted by atomic mass is 10.1. The molecule has 4 rings (SSSR count). The molecular weight excluding hydrogens is 534 g/mol. The first kappa shape index (κ1) is 32.2. The van der Waals surface area contributed by atoms with E-state index in [0.717, 1.165) is 23.9 Å². The maximum atomic E-state index is 11.4. The van der Waals surface area contributed by atoms with Crippen LogP contribution in [-0.4, -0.2) is 68.5 Å². The number of halogens is 1. The molecule has 0 aliphatic carbocycles. The Morgan fingerprint density at radius 3 is 2.35 bits per heavy atom. The largest absolute Gasteiger partial charge is 0.436 e. The second-order valence-electron chi connectivity index (χ2n) is 8.34. The van der Waals surface area contributed by atoms with Crippen LogP contribution in [0.5, 0.6) is 11.6 Å². The summed E-state index contributed by atoms with van der Waals surface area (Å²) in [5, 5.41) is 10.9. The molecule has 2 N–H and O–H groups in total. The number of nitrogens with zero attached hydrogens (tertiary/aromatic N) is 3. The Labute approximate surface area is 240 Å². The van der Waals surface area contributed by atoms with Crippen molar-refractivity contribution in [2.24, 2.45) is 4.99 Å². The number of anilines is 1. The zero-order chi connectivity index (χ0) is 29.0. The van der Waals surface area contributed by atoms with Crippen LogP contribution in [0.1, 0.15) is 19.8 Å². The third kappa shape index (κ3) is 12.7. The van der Waals surface area contributed by atoms with E-state index in [0.29, 0.717) is 37.2 Å². The maximum absolute atomic E-state index is 11.4. The van der Waals surface area contributed by atoms with Crippen molar-refractivity contribution >= 4 is 36.2 Å². The second kappa shape index (κ2) is 19.1. The lowest BCUT2D eigenvalue weighted by Gasteiger charge is -2.20. The third-order valence-electron chi connectivity index (χ3n) is 5.59. The molecule has 10 nitrogen and oxygen atoms in total. The molecule has 3 aromatic rings. The molecule has 1 aliphatic heterocycles. The van der Waals surface area contributed by atoms with Crippen molar-refractivity contribution < 1.29 is 23.6 Å². The van der Waals surface area contributed by atoms with E-state index in [4.69, 9.17) is 25.6 Å². The average Bonchev–Trinajstić information content (AvgIpc) is 3.52. The Hall–Kier alpha value is -3.99. The van der Waals surface area contributed by atoms with E-state index in [-0.39, 0.29) is 5.57 Å². The fraction of sp³-hybridized carbons (Fsp3) is 0.310. The van der Waals surface area contributed by atoms with Gasteiger partial charge in [0.25, 0.3) is 11.8 Å². The monoisotopic (exact) mass is 569 g/mol. The molecule has 1 aromatic heterocycles. The Morgan fingerprint density at radius 2 is 1.88 bits per heavy atom. The molecule has 2 aromatic carbocycles. The van der Waals surface area contributed by atoms with E-state index < -0.39 is 5.91 Å². The quantitative estimate of drug-likeness (QED) is 0.0848. The van der Waals surface area contributed by atoms with Crippen molar-refractivity contribution in [3.8, 4) is 11.6 Å². The van der Waals surface area contributed by atoms with Gasteiger partial charge in [0.15, 0.2) is 6.29 Å². The molecule has 40 heavy (non-hydrogen) atoms. The molecule has 1 amide bonds. The fourth-order valence-corrected chi connectivity index (χ4v) is 3.43. The van der Waals surface area contributed by atoms with Crippen molar-refractivity contribution in [3.63, 3.8) is 0 Å². The number of aldehydes is 1. The first-order chi connectivity index (χ1) is 19.5. The molecule has 0 bridgehead atoms. The summed E-state index contributed by atoms with van der Waals surface area (Å²) < 4.78 is 15.3. The SMILES string of the molecule is C=NC(=O)/C(C=O)=C\N(CC)CNc1ccc(Oc2ccon2)cc1.CNC1CCOCC1.Clc1ccccc1. The van der Waals surface area contributed by atoms with E-state index in [1.807, 2.05) is 56.4 Å². The molecule has 214 valence electrons. The van der Waals surface area contributed by atoms with Gasteiger partial charge in [-0.25, -0.2) is 4.99 Å². The van der Waals surface area contributed by atoms with Crippen LogP contribution in [0.25, 0.3) is 0 Å². The minimum Gasteiger partial charge on any atom is -0.436 e. The number of ether oxygens (including phenoxy) is 2. The summed E-state index contributed by atoms with van der Waals surface area (Å²) >= 11 is 5.54. The summed E-state index contributed by atoms with van der Waals surface area (Å²) in [7, 11) is 2.01. The standard InChI is InChI=1S/C17H18N4O4.C6H5Cl.C6H13NO/c1-3-21(10-13(11-22)17(23)18-2)12-19-14-4-6-15(7-5-14)25-16-8-9-24-20-16;7-6-4-2-1-3-5-6;1-7-6-2-4-8-5-3-6/h4-11,19H,2-3,12H2,1H3;1-5H;6-7H,2-5H2,1H3/b13-10-;;. The molecule has 1 fully saturated rings. The number of carbonyl (C=O) groups excluding carboxylic acids is 2. The summed E-state index contributed by atoms with van der Waals surface area (Å²) in [6.45, 7) is 7.92. The first-order valence-corrected chi connectivity index (χ1v) is 13.2. The summed E-state index contributed by atoms with van der Waals surface area (Å²) in [4.78, 5) is 27.4. The van der Waals surface area contributed by atoms with Crippen molar-refractivity contribution in [1.29, 1.82) is 0 Å². The van der Waals surface area contributed by atoms with Gasteiger partial charge in [0.1, 0.15) is 12.0 Å². The van der Waals surface area contributed by atoms with E-state index in [1.54, 1.807) is 23.1 Å². The van der Waals surface area contributed by atoms with Crippen LogP contribution in [0, 0.1) is 0 Å². The van der Waals surface area contributed by atoms with Gasteiger partial charge < -0.3 is 29.5 Å². The molecule has 2 heterocycles. The molecule has 0 atom stereocenters. The molecular formula is C29H36ClN5O5. The average molecular weight is 570 g/mol. The molecule has 1 saturated heterocycles. The third-order valence-corrected chi connectivity index (χ3v) is 5.84. The van der Waals surface area contributed by atoms with E-state index in [1.165, 1.54) is 25.3 Å². The van der Waals surface area contributed by atoms with Gasteiger partial charge >= 0.3 is 0 Å². The minimum absolute atomic E-state index is 0.0463. The van der Waals surface area contributed by atoms with Gasteiger partial charge in [-0.3, -0.25) is 9.59 Å². The van der Waals surface area contributed by atoms with Crippen LogP contribution in [-0.2, 0) is 14.3 Å². The Balaban J connectivity index is 0.000000300. The number of amides is 1. The first-order valence-electron chi connectivity index (χ1n) is 12.8. The van der Waals surface area contributed by atoms with Gasteiger partial charge in [-0.05, 0) is 75.1 Å². The van der Waals surface area contributed by atoms with Crippen molar-refractivity contribution in [2.75, 3.05) is 38.8 Å². The Morgan fingerprint density at radius 1 is 1.18 bits per heavy atom. The predicted octanol–water partition coefficient (Wildman–Crippen LogP) is 5.19. The van der Waals surface area contributed by atoms with Gasteiger partial charge in [0, 0.05) is 48.8 Å². The number of aliphatic imine (C=N–C) groups is 1. The molecule has 1 aliphatic rings. The predicted molar refractivity (Wildman–Crippen MR) is 157 cm³/mol. The number of aromatic nitrogens is 1. The highest BCUT2D eigenvalue weighted by atomic mass is 35.5. The maximum Gasteiger partial charge on any atom is 0.281 e. The number of benzene rings is 2. The number of hydrogen-bond acceptors (Lipinski definition) is 9. The van der Waals surface area contributed by atoms with Gasteiger partial charge in [-0.15, -0.1) is 0 Å². The highest BCUT2D eigenvalue weighted by Crippen LogP contribution is 2.21. The highest BCUT2D eigenvalue weighted by Gasteiger charge is 2.10. The van der Waals surface area contributed by atoms with Gasteiger partial charge in [0.2, 0.25) is 0 Å². The Bertz CT molecular complexity index is 1150. The lowest BCUT2D eigenvalue weighted by Crippen LogP contribution is -2.31. The van der Waals surface area contributed by atoms with Gasteiger partial charge in [-0.2, -0.15) is 0 Å². The van der Waals surface area contributed by atoms with Crippen LogP contribution in [0.4, 0.5) is 5.69 Å². The molecule has 0 unspecified atom stereocenters. The summed E-state index contributed by atoms with van der Waals surface area (Å²) in [6, 6.07) is 19.0. The van der Waals surface area contributed by atoms with Crippen LogP contribution in [0.3, 0.4) is 0 Å². The van der Waals surface area contributed by atoms with Gasteiger partial charge in [0.05, 0.1) is 12.2 Å². The normalized spacial score (nSPS) is 13.0. The smallest absolute Gasteiger partial charge is 0.281 e. The molecule has 11 heteroatoms. The zero-order valence-electron chi connectivity index (χ0n) is 22.8. The summed E-state index contributed by atoms with van der Waals surface area (Å²) in [5.41, 5.74) is 0.801. The second-order valence-corrected chi connectivity index (χ2v) is 8.78. The van der Waals surface area contributed by atoms with E-state index in [2.05, 4.69) is 27.5 Å². The molecule has 0 spiro atoms. The lowest BCUT2D eigenvalue weighted by molar-refractivity contribution is -0.116. The zero-order valence-corrected chi connectivity index (χ0v) is 23.5. The van der Waals surface area contributed by atoms with Gasteiger partial charge in [-0.1, -0.05) is 29.8 Å². The number of carbonyl (C=O) groups is 2. The Kier molecular flexibility index (Phi) is 15.4. The summed E-state index contributed by atoms with van der Waals surface area (Å²) in [5.74, 6) is 0.352. The van der Waals surface area contributed by atoms with Crippen LogP contribution in [0.2, 0.25) is 5.02 Å². The fourth-order valence-electron chi connectivity index (χ4n) is 3.28. The number of hydrogen-bond donors (Lipinski definition) is 2. The number of rotatable bonds is 10. The van der Waals surface area contributed by atoms with Crippen LogP contribution >= 0.6 is 11.6 Å². The van der Waals surface area contributed by atoms with E-state index >= 15 is 0 Å². The molecule has 0 radical (unpaired) electrons. The van der Waals surface area contributed by atoms with Crippen LogP contribution < -0.4 is 15.4 Å². The topological polar surface area (TPSA) is 118 Å². The molecule has 0 saturated carbocycles. The van der Waals surface area contributed by atoms with Crippen molar-refractivity contribution in [1.82, 2.24) is 15.4 Å². The number of nitrogens with one attached hydrogen (secondary N) is 2. The highest BCUT2D eigenvalue weighted by molar-refractivity contribution is 6.30. The van der Waals surface area contributed by atoms with Crippen molar-refractivity contribution in [2.45, 2.75) is 25.8 Å². The minimum atomic E-state index is -0.650.